The third-order valence-electron chi connectivity index (χ3n) is 5.70. The lowest BCUT2D eigenvalue weighted by atomic mass is 9.85. The zero-order valence-electron chi connectivity index (χ0n) is 13.7. The molecule has 2 bridgehead atoms. The molecule has 5 rings (SSSR count). The fourth-order valence-corrected chi connectivity index (χ4v) is 5.00. The van der Waals surface area contributed by atoms with E-state index in [1.807, 2.05) is 6.07 Å². The van der Waals surface area contributed by atoms with E-state index in [0.29, 0.717) is 22.3 Å². The van der Waals surface area contributed by atoms with Crippen LogP contribution in [0.15, 0.2) is 42.7 Å². The quantitative estimate of drug-likeness (QED) is 0.597. The van der Waals surface area contributed by atoms with Crippen molar-refractivity contribution in [3.05, 3.63) is 58.4 Å². The predicted molar refractivity (Wildman–Crippen MR) is 98.0 cm³/mol. The number of imide groups is 1. The number of fused-ring (bicyclic) bond motifs is 5. The van der Waals surface area contributed by atoms with Crippen molar-refractivity contribution in [2.75, 3.05) is 4.90 Å². The van der Waals surface area contributed by atoms with E-state index in [1.165, 1.54) is 4.90 Å². The van der Waals surface area contributed by atoms with E-state index in [0.717, 1.165) is 12.0 Å². The van der Waals surface area contributed by atoms with Gasteiger partial charge in [-0.1, -0.05) is 41.4 Å². The normalized spacial score (nSPS) is 29.1. The Morgan fingerprint density at radius 3 is 2.42 bits per heavy atom. The third-order valence-corrected chi connectivity index (χ3v) is 6.28. The molecule has 132 valence electrons. The summed E-state index contributed by atoms with van der Waals surface area (Å²) in [5, 5.41) is 5.43. The molecule has 5 nitrogen and oxygen atoms in total. The molecule has 1 saturated carbocycles. The van der Waals surface area contributed by atoms with Crippen LogP contribution in [0.1, 0.15) is 12.0 Å². The van der Waals surface area contributed by atoms with Crippen LogP contribution < -0.4 is 4.90 Å². The van der Waals surface area contributed by atoms with Crippen LogP contribution >= 0.6 is 23.2 Å². The smallest absolute Gasteiger partial charge is 0.238 e. The number of aromatic nitrogens is 2. The minimum absolute atomic E-state index is 0.0964. The Labute approximate surface area is 160 Å². The van der Waals surface area contributed by atoms with Gasteiger partial charge in [0.1, 0.15) is 0 Å². The van der Waals surface area contributed by atoms with Gasteiger partial charge in [0.05, 0.1) is 30.3 Å². The van der Waals surface area contributed by atoms with E-state index in [4.69, 9.17) is 23.2 Å². The van der Waals surface area contributed by atoms with Gasteiger partial charge in [-0.2, -0.15) is 5.10 Å². The Bertz CT molecular complexity index is 937. The third kappa shape index (κ3) is 2.27. The fraction of sp³-hybridized carbons (Fsp3) is 0.316. The molecule has 1 aromatic carbocycles. The van der Waals surface area contributed by atoms with Crippen molar-refractivity contribution in [1.82, 2.24) is 9.78 Å². The number of carbonyl (C=O) groups is 2. The summed E-state index contributed by atoms with van der Waals surface area (Å²) >= 11 is 12.1. The number of allylic oxidation sites excluding steroid dienone is 2. The van der Waals surface area contributed by atoms with Crippen LogP contribution in [0.2, 0.25) is 10.0 Å². The molecule has 2 heterocycles. The first-order valence-electron chi connectivity index (χ1n) is 8.55. The highest BCUT2D eigenvalue weighted by atomic mass is 35.5. The first-order valence-corrected chi connectivity index (χ1v) is 9.31. The highest BCUT2D eigenvalue weighted by Crippen LogP contribution is 2.53. The average molecular weight is 388 g/mol. The van der Waals surface area contributed by atoms with Crippen molar-refractivity contribution in [3.8, 4) is 0 Å². The summed E-state index contributed by atoms with van der Waals surface area (Å²) in [6.45, 7) is 0.436. The first-order chi connectivity index (χ1) is 12.5. The van der Waals surface area contributed by atoms with Gasteiger partial charge >= 0.3 is 0 Å². The second kappa shape index (κ2) is 5.69. The van der Waals surface area contributed by atoms with Gasteiger partial charge in [0.25, 0.3) is 0 Å². The van der Waals surface area contributed by atoms with Crippen LogP contribution in [0.25, 0.3) is 0 Å². The lowest BCUT2D eigenvalue weighted by Crippen LogP contribution is -2.32. The maximum absolute atomic E-state index is 12.8. The summed E-state index contributed by atoms with van der Waals surface area (Å²) in [6.07, 6.45) is 8.39. The van der Waals surface area contributed by atoms with E-state index in [9.17, 15) is 9.59 Å². The number of amides is 2. The first kappa shape index (κ1) is 16.1. The molecule has 0 spiro atoms. The fourth-order valence-electron chi connectivity index (χ4n) is 4.54. The summed E-state index contributed by atoms with van der Waals surface area (Å²) in [5.41, 5.74) is 1.39. The van der Waals surface area contributed by atoms with E-state index in [1.54, 1.807) is 29.2 Å². The molecule has 26 heavy (non-hydrogen) atoms. The highest BCUT2D eigenvalue weighted by molar-refractivity contribution is 6.35. The molecule has 1 saturated heterocycles. The van der Waals surface area contributed by atoms with E-state index in [2.05, 4.69) is 17.3 Å². The number of carbonyl (C=O) groups excluding carboxylic acids is 2. The highest BCUT2D eigenvalue weighted by Gasteiger charge is 2.59. The molecule has 0 radical (unpaired) electrons. The Balaban J connectivity index is 1.41. The molecular formula is C19H15Cl2N3O2. The maximum atomic E-state index is 12.8. The Hall–Kier alpha value is -2.11. The van der Waals surface area contributed by atoms with Gasteiger partial charge in [0.15, 0.2) is 0 Å². The Morgan fingerprint density at radius 2 is 1.77 bits per heavy atom. The maximum Gasteiger partial charge on any atom is 0.238 e. The number of benzene rings is 1. The van der Waals surface area contributed by atoms with Crippen molar-refractivity contribution < 1.29 is 9.59 Å². The number of anilines is 1. The number of hydrogen-bond acceptors (Lipinski definition) is 3. The van der Waals surface area contributed by atoms with Crippen LogP contribution in [0.4, 0.5) is 5.69 Å². The Morgan fingerprint density at radius 1 is 1.08 bits per heavy atom. The van der Waals surface area contributed by atoms with Crippen molar-refractivity contribution in [3.63, 3.8) is 0 Å². The monoisotopic (exact) mass is 387 g/mol. The topological polar surface area (TPSA) is 55.2 Å². The van der Waals surface area contributed by atoms with Gasteiger partial charge in [-0.25, -0.2) is 4.90 Å². The van der Waals surface area contributed by atoms with Crippen LogP contribution in [0.3, 0.4) is 0 Å². The molecule has 1 aliphatic heterocycles. The molecule has 3 aliphatic rings. The Kier molecular flexibility index (Phi) is 3.52. The van der Waals surface area contributed by atoms with Crippen LogP contribution in [0, 0.1) is 23.7 Å². The zero-order valence-corrected chi connectivity index (χ0v) is 15.2. The molecule has 2 amide bonds. The average Bonchev–Trinajstić information content (AvgIpc) is 3.35. The van der Waals surface area contributed by atoms with Gasteiger partial charge in [0.2, 0.25) is 11.8 Å². The summed E-state index contributed by atoms with van der Waals surface area (Å²) in [4.78, 5) is 27.0. The van der Waals surface area contributed by atoms with Crippen molar-refractivity contribution in [2.45, 2.75) is 13.0 Å². The molecule has 0 N–H and O–H groups in total. The van der Waals surface area contributed by atoms with Gasteiger partial charge in [-0.15, -0.1) is 0 Å². The molecule has 2 aliphatic carbocycles. The lowest BCUT2D eigenvalue weighted by Gasteiger charge is -2.14. The molecule has 4 atom stereocenters. The zero-order chi connectivity index (χ0) is 18.0. The molecule has 2 aromatic rings. The minimum atomic E-state index is -0.202. The van der Waals surface area contributed by atoms with Gasteiger partial charge in [0, 0.05) is 16.2 Å². The second-order valence-electron chi connectivity index (χ2n) is 7.14. The van der Waals surface area contributed by atoms with Crippen molar-refractivity contribution >= 4 is 40.7 Å². The standard InChI is InChI=1S/C19H15Cl2N3O2/c20-13-4-3-12(15(21)6-13)8-23-9-14(7-22-23)24-18(25)16-10-1-2-11(5-10)17(16)19(24)26/h1-4,6-7,9-11,16-17H,5,8H2/t10-,11+,16-,17-/m0/s1. The second-order valence-corrected chi connectivity index (χ2v) is 7.99. The van der Waals surface area contributed by atoms with Gasteiger partial charge in [-0.3, -0.25) is 14.3 Å². The molecule has 7 heteroatoms. The van der Waals surface area contributed by atoms with Crippen LogP contribution in [-0.2, 0) is 16.1 Å². The summed E-state index contributed by atoms with van der Waals surface area (Å²) in [6, 6.07) is 5.29. The van der Waals surface area contributed by atoms with Crippen LogP contribution in [-0.4, -0.2) is 21.6 Å². The molecule has 0 unspecified atom stereocenters. The number of hydrogen-bond donors (Lipinski definition) is 0. The largest absolute Gasteiger partial charge is 0.274 e. The predicted octanol–water partition coefficient (Wildman–Crippen LogP) is 3.55. The van der Waals surface area contributed by atoms with Gasteiger partial charge in [-0.05, 0) is 36.0 Å². The van der Waals surface area contributed by atoms with Gasteiger partial charge < -0.3 is 0 Å². The molecule has 2 fully saturated rings. The lowest BCUT2D eigenvalue weighted by molar-refractivity contribution is -0.123. The van der Waals surface area contributed by atoms with Crippen molar-refractivity contribution in [2.24, 2.45) is 23.7 Å². The molecule has 1 aromatic heterocycles. The summed E-state index contributed by atoms with van der Waals surface area (Å²) in [7, 11) is 0. The van der Waals surface area contributed by atoms with E-state index < -0.39 is 0 Å². The SMILES string of the molecule is O=C1[C@@H]2[C@@H](C(=O)N1c1cnn(Cc3ccc(Cl)cc3Cl)c1)[C@H]1C=C[C@@H]2C1. The minimum Gasteiger partial charge on any atom is -0.274 e. The van der Waals surface area contributed by atoms with Crippen molar-refractivity contribution in [1.29, 1.82) is 0 Å². The van der Waals surface area contributed by atoms with Crippen LogP contribution in [0.5, 0.6) is 0 Å². The number of nitrogens with zero attached hydrogens (tertiary/aromatic N) is 3. The number of halogens is 2. The van der Waals surface area contributed by atoms with E-state index >= 15 is 0 Å². The summed E-state index contributed by atoms with van der Waals surface area (Å²) < 4.78 is 1.67. The van der Waals surface area contributed by atoms with E-state index in [-0.39, 0.29) is 35.5 Å². The summed E-state index contributed by atoms with van der Waals surface area (Å²) in [5.74, 6) is -0.191. The molecular weight excluding hydrogens is 373 g/mol. The number of rotatable bonds is 3.